The summed E-state index contributed by atoms with van der Waals surface area (Å²) in [5.41, 5.74) is 1.49. The van der Waals surface area contributed by atoms with Crippen LogP contribution in [0.1, 0.15) is 18.5 Å². The second-order valence-corrected chi connectivity index (χ2v) is 6.58. The molecule has 2 saturated heterocycles. The maximum Gasteiger partial charge on any atom is 0.228 e. The number of hydrogen-bond donors (Lipinski definition) is 0. The van der Waals surface area contributed by atoms with Gasteiger partial charge in [0, 0.05) is 37.6 Å². The first-order valence-corrected chi connectivity index (χ1v) is 8.83. The lowest BCUT2D eigenvalue weighted by molar-refractivity contribution is -0.187. The van der Waals surface area contributed by atoms with Crippen molar-refractivity contribution in [2.24, 2.45) is 0 Å². The molecule has 0 N–H and O–H groups in total. The van der Waals surface area contributed by atoms with Crippen LogP contribution in [0.3, 0.4) is 0 Å². The minimum Gasteiger partial charge on any atom is -0.497 e. The lowest BCUT2D eigenvalue weighted by Crippen LogP contribution is -2.47. The molecule has 2 aliphatic rings. The Kier molecular flexibility index (Phi) is 4.65. The Morgan fingerprint density at radius 3 is 2.73 bits per heavy atom. The number of nitrogens with zero attached hydrogens (tertiary/aromatic N) is 2. The van der Waals surface area contributed by atoms with Gasteiger partial charge >= 0.3 is 0 Å². The summed E-state index contributed by atoms with van der Waals surface area (Å²) in [6, 6.07) is 9.35. The van der Waals surface area contributed by atoms with Gasteiger partial charge < -0.3 is 23.6 Å². The number of carbonyl (C=O) groups is 1. The van der Waals surface area contributed by atoms with E-state index in [0.29, 0.717) is 50.6 Å². The molecule has 0 unspecified atom stereocenters. The average Bonchev–Trinajstić information content (AvgIpc) is 3.32. The van der Waals surface area contributed by atoms with Crippen LogP contribution in [-0.4, -0.2) is 55.2 Å². The maximum absolute atomic E-state index is 12.6. The number of aromatic nitrogens is 1. The monoisotopic (exact) mass is 358 g/mol. The lowest BCUT2D eigenvalue weighted by Gasteiger charge is -2.37. The summed E-state index contributed by atoms with van der Waals surface area (Å²) in [7, 11) is 1.62. The highest BCUT2D eigenvalue weighted by atomic mass is 16.7. The van der Waals surface area contributed by atoms with Crippen molar-refractivity contribution in [1.82, 2.24) is 10.1 Å². The van der Waals surface area contributed by atoms with Gasteiger partial charge in [0.2, 0.25) is 5.91 Å². The van der Waals surface area contributed by atoms with Crippen molar-refractivity contribution in [3.63, 3.8) is 0 Å². The topological polar surface area (TPSA) is 74.0 Å². The number of methoxy groups -OCH3 is 1. The van der Waals surface area contributed by atoms with Gasteiger partial charge in [-0.15, -0.1) is 0 Å². The van der Waals surface area contributed by atoms with Crippen LogP contribution in [0.25, 0.3) is 11.3 Å². The molecule has 0 radical (unpaired) electrons. The van der Waals surface area contributed by atoms with Crippen molar-refractivity contribution < 1.29 is 23.5 Å². The molecule has 0 aliphatic carbocycles. The van der Waals surface area contributed by atoms with Crippen molar-refractivity contribution >= 4 is 5.91 Å². The van der Waals surface area contributed by atoms with Gasteiger partial charge in [-0.1, -0.05) is 17.3 Å². The Morgan fingerprint density at radius 1 is 1.23 bits per heavy atom. The van der Waals surface area contributed by atoms with E-state index in [2.05, 4.69) is 5.16 Å². The van der Waals surface area contributed by atoms with Crippen molar-refractivity contribution in [2.45, 2.75) is 25.0 Å². The van der Waals surface area contributed by atoms with Crippen LogP contribution in [0.2, 0.25) is 0 Å². The molecule has 1 aromatic heterocycles. The molecular weight excluding hydrogens is 336 g/mol. The summed E-state index contributed by atoms with van der Waals surface area (Å²) >= 11 is 0. The van der Waals surface area contributed by atoms with Gasteiger partial charge in [0.05, 0.1) is 32.4 Å². The van der Waals surface area contributed by atoms with Gasteiger partial charge in [0.1, 0.15) is 5.75 Å². The van der Waals surface area contributed by atoms with Gasteiger partial charge in [0.25, 0.3) is 0 Å². The second-order valence-electron chi connectivity index (χ2n) is 6.58. The van der Waals surface area contributed by atoms with E-state index in [9.17, 15) is 4.79 Å². The van der Waals surface area contributed by atoms with Crippen molar-refractivity contribution in [3.05, 3.63) is 36.0 Å². The molecule has 1 spiro atoms. The van der Waals surface area contributed by atoms with Crippen molar-refractivity contribution in [2.75, 3.05) is 33.4 Å². The molecule has 2 fully saturated rings. The highest BCUT2D eigenvalue weighted by Gasteiger charge is 2.40. The number of carbonyl (C=O) groups excluding carboxylic acids is 1. The van der Waals surface area contributed by atoms with Crippen molar-refractivity contribution in [3.8, 4) is 17.1 Å². The molecule has 138 valence electrons. The number of rotatable bonds is 4. The van der Waals surface area contributed by atoms with Crippen LogP contribution in [0.5, 0.6) is 5.75 Å². The van der Waals surface area contributed by atoms with Crippen LogP contribution in [-0.2, 0) is 20.7 Å². The molecule has 0 saturated carbocycles. The summed E-state index contributed by atoms with van der Waals surface area (Å²) in [6.45, 7) is 2.55. The first-order chi connectivity index (χ1) is 12.7. The third-order valence-corrected chi connectivity index (χ3v) is 4.94. The highest BCUT2D eigenvalue weighted by Crippen LogP contribution is 2.31. The number of amides is 1. The zero-order valence-electron chi connectivity index (χ0n) is 14.8. The molecule has 4 rings (SSSR count). The molecule has 1 amide bonds. The Balaban J connectivity index is 1.37. The SMILES string of the molecule is COc1cccc(-c2cc(CC(=O)N3CCC4(CC3)OCCO4)no2)c1. The second kappa shape index (κ2) is 7.09. The van der Waals surface area contributed by atoms with E-state index in [1.165, 1.54) is 0 Å². The smallest absolute Gasteiger partial charge is 0.228 e. The molecule has 0 bridgehead atoms. The van der Waals surface area contributed by atoms with Crippen LogP contribution < -0.4 is 4.74 Å². The third kappa shape index (κ3) is 3.45. The minimum atomic E-state index is -0.468. The number of ether oxygens (including phenoxy) is 3. The Labute approximate surface area is 151 Å². The molecular formula is C19H22N2O5. The summed E-state index contributed by atoms with van der Waals surface area (Å²) in [6.07, 6.45) is 1.65. The largest absolute Gasteiger partial charge is 0.497 e. The molecule has 1 aromatic carbocycles. The normalized spacial score (nSPS) is 19.0. The van der Waals surface area contributed by atoms with Crippen molar-refractivity contribution in [1.29, 1.82) is 0 Å². The summed E-state index contributed by atoms with van der Waals surface area (Å²) in [5, 5.41) is 4.04. The first kappa shape index (κ1) is 17.1. The summed E-state index contributed by atoms with van der Waals surface area (Å²) in [5.74, 6) is 0.944. The molecule has 7 nitrogen and oxygen atoms in total. The van der Waals surface area contributed by atoms with Gasteiger partial charge in [-0.3, -0.25) is 4.79 Å². The van der Waals surface area contributed by atoms with Gasteiger partial charge in [-0.25, -0.2) is 0 Å². The zero-order valence-corrected chi connectivity index (χ0v) is 14.8. The zero-order chi connectivity index (χ0) is 18.0. The van der Waals surface area contributed by atoms with E-state index >= 15 is 0 Å². The number of piperidine rings is 1. The Hall–Kier alpha value is -2.38. The fourth-order valence-electron chi connectivity index (χ4n) is 3.46. The molecule has 2 aromatic rings. The summed E-state index contributed by atoms with van der Waals surface area (Å²) in [4.78, 5) is 14.4. The van der Waals surface area contributed by atoms with E-state index < -0.39 is 5.79 Å². The lowest BCUT2D eigenvalue weighted by atomic mass is 10.0. The molecule has 2 aliphatic heterocycles. The van der Waals surface area contributed by atoms with E-state index in [-0.39, 0.29) is 12.3 Å². The molecule has 7 heteroatoms. The number of likely N-dealkylation sites (tertiary alicyclic amines) is 1. The van der Waals surface area contributed by atoms with Crippen LogP contribution in [0, 0.1) is 0 Å². The predicted octanol–water partition coefficient (Wildman–Crippen LogP) is 2.26. The minimum absolute atomic E-state index is 0.0448. The Morgan fingerprint density at radius 2 is 2.00 bits per heavy atom. The number of hydrogen-bond acceptors (Lipinski definition) is 6. The van der Waals surface area contributed by atoms with E-state index in [4.69, 9.17) is 18.7 Å². The maximum atomic E-state index is 12.6. The van der Waals surface area contributed by atoms with Crippen LogP contribution in [0.15, 0.2) is 34.9 Å². The van der Waals surface area contributed by atoms with E-state index in [0.717, 1.165) is 11.3 Å². The predicted molar refractivity (Wildman–Crippen MR) is 92.6 cm³/mol. The highest BCUT2D eigenvalue weighted by molar-refractivity contribution is 5.78. The van der Waals surface area contributed by atoms with Gasteiger partial charge in [-0.05, 0) is 12.1 Å². The fraction of sp³-hybridized carbons (Fsp3) is 0.474. The fourth-order valence-corrected chi connectivity index (χ4v) is 3.46. The van der Waals surface area contributed by atoms with E-state index in [1.807, 2.05) is 29.2 Å². The van der Waals surface area contributed by atoms with E-state index in [1.54, 1.807) is 13.2 Å². The first-order valence-electron chi connectivity index (χ1n) is 8.83. The summed E-state index contributed by atoms with van der Waals surface area (Å²) < 4.78 is 22.0. The quantitative estimate of drug-likeness (QED) is 0.835. The van der Waals surface area contributed by atoms with Gasteiger partial charge in [0.15, 0.2) is 11.5 Å². The third-order valence-electron chi connectivity index (χ3n) is 4.94. The molecule has 0 atom stereocenters. The van der Waals surface area contributed by atoms with Crippen LogP contribution in [0.4, 0.5) is 0 Å². The Bertz CT molecular complexity index is 772. The standard InChI is InChI=1S/C19H22N2O5/c1-23-16-4-2-3-14(11-16)17-12-15(20-26-17)13-18(22)21-7-5-19(6-8-21)24-9-10-25-19/h2-4,11-12H,5-10,13H2,1H3. The number of benzene rings is 1. The molecule has 26 heavy (non-hydrogen) atoms. The average molecular weight is 358 g/mol. The van der Waals surface area contributed by atoms with Gasteiger partial charge in [-0.2, -0.15) is 0 Å². The van der Waals surface area contributed by atoms with Crippen LogP contribution >= 0.6 is 0 Å². The molecule has 3 heterocycles.